The molecule has 0 fully saturated rings. The molecule has 0 spiro atoms. The van der Waals surface area contributed by atoms with Gasteiger partial charge in [-0.05, 0) is 29.3 Å². The molecule has 1 heterocycles. The van der Waals surface area contributed by atoms with Crippen molar-refractivity contribution in [2.75, 3.05) is 0 Å². The molecule has 0 amide bonds. The molecule has 0 bridgehead atoms. The second-order valence-electron chi connectivity index (χ2n) is 5.47. The summed E-state index contributed by atoms with van der Waals surface area (Å²) in [6, 6.07) is 25.9. The maximum Gasteiger partial charge on any atom is 0.150 e. The third-order valence-electron chi connectivity index (χ3n) is 3.95. The summed E-state index contributed by atoms with van der Waals surface area (Å²) >= 11 is 0. The molecule has 0 unspecified atom stereocenters. The first-order valence-corrected chi connectivity index (χ1v) is 7.48. The lowest BCUT2D eigenvalue weighted by Crippen LogP contribution is -1.78. The summed E-state index contributed by atoms with van der Waals surface area (Å²) in [4.78, 5) is 10.7. The third-order valence-corrected chi connectivity index (χ3v) is 3.95. The monoisotopic (exact) mass is 298 g/mol. The van der Waals surface area contributed by atoms with Crippen LogP contribution in [0, 0.1) is 0 Å². The van der Waals surface area contributed by atoms with Gasteiger partial charge in [-0.2, -0.15) is 0 Å². The van der Waals surface area contributed by atoms with Crippen molar-refractivity contribution < 1.29 is 9.21 Å². The van der Waals surface area contributed by atoms with E-state index in [9.17, 15) is 4.79 Å². The Hall–Kier alpha value is -3.13. The second-order valence-corrected chi connectivity index (χ2v) is 5.47. The minimum Gasteiger partial charge on any atom is -0.456 e. The zero-order valence-electron chi connectivity index (χ0n) is 12.4. The highest BCUT2D eigenvalue weighted by molar-refractivity contribution is 5.87. The van der Waals surface area contributed by atoms with Crippen LogP contribution < -0.4 is 0 Å². The Morgan fingerprint density at radius 3 is 2.17 bits per heavy atom. The maximum atomic E-state index is 10.7. The van der Waals surface area contributed by atoms with Gasteiger partial charge in [0.15, 0.2) is 0 Å². The van der Waals surface area contributed by atoms with E-state index in [0.717, 1.165) is 28.6 Å². The quantitative estimate of drug-likeness (QED) is 0.462. The molecule has 4 aromatic rings. The maximum absolute atomic E-state index is 10.7. The smallest absolute Gasteiger partial charge is 0.150 e. The highest BCUT2D eigenvalue weighted by atomic mass is 16.3. The largest absolute Gasteiger partial charge is 0.456 e. The average molecular weight is 298 g/mol. The summed E-state index contributed by atoms with van der Waals surface area (Å²) in [7, 11) is 0. The molecule has 0 saturated carbocycles. The SMILES string of the molecule is O=Cc1ccc(-c2cc3cc(-c4ccccc4)ccc3o2)cc1. The molecule has 4 rings (SSSR count). The van der Waals surface area contributed by atoms with E-state index in [4.69, 9.17) is 4.42 Å². The minimum absolute atomic E-state index is 0.663. The van der Waals surface area contributed by atoms with E-state index in [1.165, 1.54) is 11.1 Å². The summed E-state index contributed by atoms with van der Waals surface area (Å²) in [6.45, 7) is 0. The van der Waals surface area contributed by atoms with Crippen molar-refractivity contribution in [3.05, 3.63) is 84.4 Å². The summed E-state index contributed by atoms with van der Waals surface area (Å²) in [6.07, 6.45) is 0.842. The Labute approximate surface area is 134 Å². The van der Waals surface area contributed by atoms with Crippen molar-refractivity contribution in [1.82, 2.24) is 0 Å². The molecule has 0 radical (unpaired) electrons. The summed E-state index contributed by atoms with van der Waals surface area (Å²) in [5.41, 5.74) is 4.85. The molecular weight excluding hydrogens is 284 g/mol. The van der Waals surface area contributed by atoms with Gasteiger partial charge < -0.3 is 4.42 Å². The number of carbonyl (C=O) groups excluding carboxylic acids is 1. The fourth-order valence-corrected chi connectivity index (χ4v) is 2.72. The van der Waals surface area contributed by atoms with E-state index < -0.39 is 0 Å². The van der Waals surface area contributed by atoms with E-state index >= 15 is 0 Å². The molecule has 0 atom stereocenters. The van der Waals surface area contributed by atoms with Gasteiger partial charge in [0.1, 0.15) is 17.6 Å². The van der Waals surface area contributed by atoms with Crippen LogP contribution in [-0.2, 0) is 0 Å². The Balaban J connectivity index is 1.77. The molecule has 1 aromatic heterocycles. The summed E-state index contributed by atoms with van der Waals surface area (Å²) in [5.74, 6) is 0.808. The number of fused-ring (bicyclic) bond motifs is 1. The van der Waals surface area contributed by atoms with Gasteiger partial charge in [-0.25, -0.2) is 0 Å². The number of furan rings is 1. The first-order chi connectivity index (χ1) is 11.3. The van der Waals surface area contributed by atoms with Crippen molar-refractivity contribution in [3.8, 4) is 22.5 Å². The highest BCUT2D eigenvalue weighted by Crippen LogP contribution is 2.31. The van der Waals surface area contributed by atoms with E-state index in [1.54, 1.807) is 12.1 Å². The molecule has 0 aliphatic rings. The molecule has 0 aliphatic carbocycles. The zero-order valence-corrected chi connectivity index (χ0v) is 12.4. The van der Waals surface area contributed by atoms with Crippen LogP contribution in [0.1, 0.15) is 10.4 Å². The van der Waals surface area contributed by atoms with E-state index in [1.807, 2.05) is 42.5 Å². The minimum atomic E-state index is 0.663. The third kappa shape index (κ3) is 2.55. The fourth-order valence-electron chi connectivity index (χ4n) is 2.72. The average Bonchev–Trinajstić information content (AvgIpc) is 3.06. The van der Waals surface area contributed by atoms with Crippen LogP contribution in [0.4, 0.5) is 0 Å². The van der Waals surface area contributed by atoms with Crippen LogP contribution >= 0.6 is 0 Å². The molecule has 110 valence electrons. The number of rotatable bonds is 3. The first-order valence-electron chi connectivity index (χ1n) is 7.48. The van der Waals surface area contributed by atoms with Crippen LogP contribution in [-0.4, -0.2) is 6.29 Å². The Morgan fingerprint density at radius 2 is 1.43 bits per heavy atom. The van der Waals surface area contributed by atoms with Crippen molar-refractivity contribution in [1.29, 1.82) is 0 Å². The van der Waals surface area contributed by atoms with Crippen LogP contribution in [0.3, 0.4) is 0 Å². The van der Waals surface area contributed by atoms with E-state index in [-0.39, 0.29) is 0 Å². The van der Waals surface area contributed by atoms with Gasteiger partial charge in [-0.3, -0.25) is 4.79 Å². The highest BCUT2D eigenvalue weighted by Gasteiger charge is 2.07. The molecule has 0 saturated heterocycles. The van der Waals surface area contributed by atoms with E-state index in [2.05, 4.69) is 24.3 Å². The molecule has 2 nitrogen and oxygen atoms in total. The molecule has 23 heavy (non-hydrogen) atoms. The number of aldehydes is 1. The van der Waals surface area contributed by atoms with Gasteiger partial charge in [0.25, 0.3) is 0 Å². The molecule has 2 heteroatoms. The molecule has 3 aromatic carbocycles. The van der Waals surface area contributed by atoms with Gasteiger partial charge in [0.05, 0.1) is 0 Å². The molecule has 0 N–H and O–H groups in total. The van der Waals surface area contributed by atoms with Crippen molar-refractivity contribution >= 4 is 17.3 Å². The number of benzene rings is 3. The predicted octanol–water partition coefficient (Wildman–Crippen LogP) is 5.58. The number of carbonyl (C=O) groups is 1. The molecule has 0 aliphatic heterocycles. The van der Waals surface area contributed by atoms with Gasteiger partial charge >= 0.3 is 0 Å². The number of hydrogen-bond donors (Lipinski definition) is 0. The predicted molar refractivity (Wildman–Crippen MR) is 92.5 cm³/mol. The lowest BCUT2D eigenvalue weighted by Gasteiger charge is -2.00. The normalized spacial score (nSPS) is 10.8. The zero-order chi connectivity index (χ0) is 15.6. The lowest BCUT2D eigenvalue weighted by atomic mass is 10.0. The lowest BCUT2D eigenvalue weighted by molar-refractivity contribution is 0.112. The first kappa shape index (κ1) is 13.5. The van der Waals surface area contributed by atoms with Crippen molar-refractivity contribution in [3.63, 3.8) is 0 Å². The molecular formula is C21H14O2. The Bertz CT molecular complexity index is 964. The van der Waals surface area contributed by atoms with Crippen LogP contribution in [0.5, 0.6) is 0 Å². The van der Waals surface area contributed by atoms with Gasteiger partial charge in [0.2, 0.25) is 0 Å². The Morgan fingerprint density at radius 1 is 0.696 bits per heavy atom. The Kier molecular flexibility index (Phi) is 3.28. The number of hydrogen-bond acceptors (Lipinski definition) is 2. The topological polar surface area (TPSA) is 30.2 Å². The van der Waals surface area contributed by atoms with Crippen LogP contribution in [0.25, 0.3) is 33.4 Å². The van der Waals surface area contributed by atoms with Crippen LogP contribution in [0.15, 0.2) is 83.3 Å². The summed E-state index contributed by atoms with van der Waals surface area (Å²) in [5, 5.41) is 1.07. The van der Waals surface area contributed by atoms with Crippen molar-refractivity contribution in [2.45, 2.75) is 0 Å². The fraction of sp³-hybridized carbons (Fsp3) is 0. The van der Waals surface area contributed by atoms with Gasteiger partial charge in [-0.1, -0.05) is 60.7 Å². The summed E-state index contributed by atoms with van der Waals surface area (Å²) < 4.78 is 5.93. The second kappa shape index (κ2) is 5.58. The van der Waals surface area contributed by atoms with Gasteiger partial charge in [-0.15, -0.1) is 0 Å². The standard InChI is InChI=1S/C21H14O2/c22-14-15-6-8-17(9-7-15)21-13-19-12-18(10-11-20(19)23-21)16-4-2-1-3-5-16/h1-14H. The van der Waals surface area contributed by atoms with E-state index in [0.29, 0.717) is 5.56 Å². The van der Waals surface area contributed by atoms with Crippen LogP contribution in [0.2, 0.25) is 0 Å². The van der Waals surface area contributed by atoms with Gasteiger partial charge in [0, 0.05) is 16.5 Å². The van der Waals surface area contributed by atoms with Crippen molar-refractivity contribution in [2.24, 2.45) is 0 Å².